The van der Waals surface area contributed by atoms with Crippen molar-refractivity contribution in [2.75, 3.05) is 0 Å². The molecule has 0 unspecified atom stereocenters. The molecule has 0 radical (unpaired) electrons. The number of carboxylic acid groups (broad SMARTS) is 1. The van der Waals surface area contributed by atoms with Gasteiger partial charge in [0.1, 0.15) is 5.56 Å². The number of aryl methyl sites for hydroxylation is 1. The number of hydrogen-bond acceptors (Lipinski definition) is 5. The van der Waals surface area contributed by atoms with Crippen molar-refractivity contribution in [1.29, 1.82) is 0 Å². The second-order valence-corrected chi connectivity index (χ2v) is 5.72. The Morgan fingerprint density at radius 3 is 2.85 bits per heavy atom. The number of aromatic nitrogens is 3. The predicted molar refractivity (Wildman–Crippen MR) is 68.5 cm³/mol. The fraction of sp³-hybridized carbons (Fsp3) is 0.182. The van der Waals surface area contributed by atoms with E-state index < -0.39 is 26.6 Å². The molecule has 0 aliphatic carbocycles. The van der Waals surface area contributed by atoms with E-state index in [1.54, 1.807) is 25.1 Å². The molecule has 106 valence electrons. The Hall–Kier alpha value is -2.26. The first-order valence-corrected chi connectivity index (χ1v) is 7.07. The summed E-state index contributed by atoms with van der Waals surface area (Å²) in [6.45, 7) is 1.75. The fourth-order valence-corrected chi connectivity index (χ4v) is 2.66. The molecule has 0 aliphatic heterocycles. The van der Waals surface area contributed by atoms with E-state index in [4.69, 9.17) is 5.11 Å². The van der Waals surface area contributed by atoms with Crippen molar-refractivity contribution in [3.63, 3.8) is 0 Å². The summed E-state index contributed by atoms with van der Waals surface area (Å²) in [4.78, 5) is 15.0. The van der Waals surface area contributed by atoms with Gasteiger partial charge in [-0.25, -0.2) is 17.9 Å². The van der Waals surface area contributed by atoms with Crippen LogP contribution in [-0.4, -0.2) is 34.7 Å². The number of aromatic amines is 1. The average Bonchev–Trinajstić information content (AvgIpc) is 2.87. The zero-order valence-electron chi connectivity index (χ0n) is 10.5. The van der Waals surface area contributed by atoms with E-state index in [0.717, 1.165) is 11.9 Å². The zero-order valence-corrected chi connectivity index (χ0v) is 11.3. The highest BCUT2D eigenvalue weighted by molar-refractivity contribution is 7.89. The number of carbonyl (C=O) groups is 1. The first-order valence-electron chi connectivity index (χ1n) is 5.59. The first kappa shape index (κ1) is 14.2. The van der Waals surface area contributed by atoms with Crippen LogP contribution in [0.3, 0.4) is 0 Å². The molecule has 0 saturated carbocycles. The summed E-state index contributed by atoms with van der Waals surface area (Å²) in [6.07, 6.45) is 0.946. The van der Waals surface area contributed by atoms with E-state index in [1.165, 1.54) is 0 Å². The van der Waals surface area contributed by atoms with Crippen molar-refractivity contribution in [2.24, 2.45) is 0 Å². The summed E-state index contributed by atoms with van der Waals surface area (Å²) in [7, 11) is -3.99. The van der Waals surface area contributed by atoms with Gasteiger partial charge in [0.2, 0.25) is 0 Å². The fourth-order valence-electron chi connectivity index (χ4n) is 1.57. The summed E-state index contributed by atoms with van der Waals surface area (Å²) in [6, 6.07) is 5.21. The van der Waals surface area contributed by atoms with Crippen molar-refractivity contribution >= 4 is 16.0 Å². The second-order valence-electron chi connectivity index (χ2n) is 4.01. The van der Waals surface area contributed by atoms with E-state index in [0.29, 0.717) is 5.69 Å². The van der Waals surface area contributed by atoms with E-state index in [2.05, 4.69) is 19.9 Å². The van der Waals surface area contributed by atoms with Crippen LogP contribution >= 0.6 is 0 Å². The summed E-state index contributed by atoms with van der Waals surface area (Å²) >= 11 is 0. The quantitative estimate of drug-likeness (QED) is 0.728. The summed E-state index contributed by atoms with van der Waals surface area (Å²) in [5.41, 5.74) is 0.883. The molecule has 2 aromatic heterocycles. The third-order valence-electron chi connectivity index (χ3n) is 2.49. The average molecular weight is 296 g/mol. The van der Waals surface area contributed by atoms with Crippen LogP contribution in [0.15, 0.2) is 29.4 Å². The van der Waals surface area contributed by atoms with Gasteiger partial charge in [0.05, 0.1) is 18.4 Å². The zero-order chi connectivity index (χ0) is 14.8. The number of nitrogens with zero attached hydrogens (tertiary/aromatic N) is 2. The van der Waals surface area contributed by atoms with E-state index in [9.17, 15) is 13.2 Å². The van der Waals surface area contributed by atoms with Crippen LogP contribution in [0.2, 0.25) is 0 Å². The summed E-state index contributed by atoms with van der Waals surface area (Å²) in [5.74, 6) is -1.37. The number of rotatable bonds is 5. The lowest BCUT2D eigenvalue weighted by atomic mass is 10.3. The Morgan fingerprint density at radius 1 is 1.45 bits per heavy atom. The topological polar surface area (TPSA) is 125 Å². The van der Waals surface area contributed by atoms with Gasteiger partial charge in [-0.15, -0.1) is 0 Å². The smallest absolute Gasteiger partial charge is 0.340 e. The van der Waals surface area contributed by atoms with Crippen molar-refractivity contribution in [2.45, 2.75) is 18.5 Å². The molecule has 0 bridgehead atoms. The van der Waals surface area contributed by atoms with Crippen LogP contribution < -0.4 is 4.72 Å². The molecular formula is C11H12N4O4S. The van der Waals surface area contributed by atoms with Crippen LogP contribution in [0.4, 0.5) is 0 Å². The minimum atomic E-state index is -3.99. The molecule has 0 atom stereocenters. The Kier molecular flexibility index (Phi) is 3.81. The number of H-pyrrole nitrogens is 1. The maximum absolute atomic E-state index is 12.0. The molecule has 0 aliphatic rings. The monoisotopic (exact) mass is 296 g/mol. The summed E-state index contributed by atoms with van der Waals surface area (Å²) in [5, 5.41) is 14.0. The molecule has 0 spiro atoms. The highest BCUT2D eigenvalue weighted by Crippen LogP contribution is 2.12. The molecule has 20 heavy (non-hydrogen) atoms. The number of sulfonamides is 1. The largest absolute Gasteiger partial charge is 0.478 e. The van der Waals surface area contributed by atoms with Gasteiger partial charge in [-0.3, -0.25) is 10.1 Å². The van der Waals surface area contributed by atoms with Crippen LogP contribution in [0.25, 0.3) is 0 Å². The van der Waals surface area contributed by atoms with Crippen molar-refractivity contribution in [3.05, 3.63) is 41.3 Å². The van der Waals surface area contributed by atoms with Crippen molar-refractivity contribution in [1.82, 2.24) is 19.9 Å². The van der Waals surface area contributed by atoms with Crippen LogP contribution in [0.5, 0.6) is 0 Å². The lowest BCUT2D eigenvalue weighted by Crippen LogP contribution is -2.25. The SMILES string of the molecule is Cc1cccc(CNS(=O)(=O)c2[nH]ncc2C(=O)O)n1. The van der Waals surface area contributed by atoms with Crippen LogP contribution in [-0.2, 0) is 16.6 Å². The second kappa shape index (κ2) is 5.39. The van der Waals surface area contributed by atoms with Gasteiger partial charge in [-0.05, 0) is 19.1 Å². The maximum Gasteiger partial charge on any atom is 0.340 e. The molecule has 2 aromatic rings. The number of carboxylic acids is 1. The first-order chi connectivity index (χ1) is 9.40. The van der Waals surface area contributed by atoms with Gasteiger partial charge in [-0.1, -0.05) is 6.07 Å². The van der Waals surface area contributed by atoms with Gasteiger partial charge >= 0.3 is 5.97 Å². The highest BCUT2D eigenvalue weighted by atomic mass is 32.2. The minimum Gasteiger partial charge on any atom is -0.478 e. The maximum atomic E-state index is 12.0. The molecule has 0 fully saturated rings. The van der Waals surface area contributed by atoms with Crippen LogP contribution in [0.1, 0.15) is 21.7 Å². The van der Waals surface area contributed by atoms with Gasteiger partial charge in [0.25, 0.3) is 10.0 Å². The normalized spacial score (nSPS) is 11.4. The molecule has 0 aromatic carbocycles. The Morgan fingerprint density at radius 2 is 2.20 bits per heavy atom. The molecule has 3 N–H and O–H groups in total. The van der Waals surface area contributed by atoms with Gasteiger partial charge in [0, 0.05) is 5.69 Å². The Bertz CT molecular complexity index is 738. The van der Waals surface area contributed by atoms with E-state index in [-0.39, 0.29) is 6.54 Å². The Balaban J connectivity index is 2.19. The lowest BCUT2D eigenvalue weighted by Gasteiger charge is -2.05. The number of nitrogens with one attached hydrogen (secondary N) is 2. The molecule has 0 saturated heterocycles. The minimum absolute atomic E-state index is 0.0396. The molecular weight excluding hydrogens is 284 g/mol. The van der Waals surface area contributed by atoms with Crippen molar-refractivity contribution < 1.29 is 18.3 Å². The van der Waals surface area contributed by atoms with E-state index in [1.807, 2.05) is 0 Å². The Labute approximate surface area is 114 Å². The summed E-state index contributed by atoms with van der Waals surface area (Å²) < 4.78 is 26.3. The molecule has 8 nitrogen and oxygen atoms in total. The lowest BCUT2D eigenvalue weighted by molar-refractivity contribution is 0.0692. The molecule has 2 rings (SSSR count). The number of aromatic carboxylic acids is 1. The standard InChI is InChI=1S/C11H12N4O4S/c1-7-3-2-4-8(14-7)5-13-20(18,19)10-9(11(16)17)6-12-15-10/h2-4,6,13H,5H2,1H3,(H,12,15)(H,16,17). The van der Waals surface area contributed by atoms with E-state index >= 15 is 0 Å². The number of pyridine rings is 1. The van der Waals surface area contributed by atoms with Gasteiger partial charge in [0.15, 0.2) is 5.03 Å². The third kappa shape index (κ3) is 3.00. The van der Waals surface area contributed by atoms with Gasteiger partial charge in [-0.2, -0.15) is 5.10 Å². The van der Waals surface area contributed by atoms with Gasteiger partial charge < -0.3 is 5.11 Å². The molecule has 0 amide bonds. The number of hydrogen-bond donors (Lipinski definition) is 3. The third-order valence-corrected chi connectivity index (χ3v) is 3.87. The highest BCUT2D eigenvalue weighted by Gasteiger charge is 2.24. The van der Waals surface area contributed by atoms with Crippen LogP contribution in [0, 0.1) is 6.92 Å². The molecule has 2 heterocycles. The predicted octanol–water partition coefficient (Wildman–Crippen LogP) is 0.290. The van der Waals surface area contributed by atoms with Crippen molar-refractivity contribution in [3.8, 4) is 0 Å². The molecule has 9 heteroatoms.